The minimum Gasteiger partial charge on any atom is -0.347 e. The maximum absolute atomic E-state index is 12.7. The lowest BCUT2D eigenvalue weighted by atomic mass is 9.81. The summed E-state index contributed by atoms with van der Waals surface area (Å²) in [6, 6.07) is 5.83. The van der Waals surface area contributed by atoms with E-state index in [1.54, 1.807) is 0 Å². The minimum atomic E-state index is 0.0196. The molecular formula is C26H37BrClN3O2. The maximum Gasteiger partial charge on any atom is 0.242 e. The molecule has 1 aliphatic heterocycles. The lowest BCUT2D eigenvalue weighted by Crippen LogP contribution is -2.51. The van der Waals surface area contributed by atoms with Crippen molar-refractivity contribution >= 4 is 39.3 Å². The summed E-state index contributed by atoms with van der Waals surface area (Å²) in [5.41, 5.74) is 1.26. The third kappa shape index (κ3) is 6.32. The second-order valence-electron chi connectivity index (χ2n) is 10.8. The average Bonchev–Trinajstić information content (AvgIpc) is 3.29. The van der Waals surface area contributed by atoms with Gasteiger partial charge in [0.25, 0.3) is 0 Å². The Morgan fingerprint density at radius 2 is 1.82 bits per heavy atom. The van der Waals surface area contributed by atoms with Crippen molar-refractivity contribution in [3.8, 4) is 0 Å². The lowest BCUT2D eigenvalue weighted by Gasteiger charge is -2.35. The Bertz CT molecular complexity index is 857. The van der Waals surface area contributed by atoms with Crippen molar-refractivity contribution in [2.75, 3.05) is 32.7 Å². The van der Waals surface area contributed by atoms with Gasteiger partial charge in [0.1, 0.15) is 0 Å². The van der Waals surface area contributed by atoms with Crippen LogP contribution >= 0.6 is 27.5 Å². The summed E-state index contributed by atoms with van der Waals surface area (Å²) in [5.74, 6) is 2.55. The van der Waals surface area contributed by atoms with E-state index in [1.807, 2.05) is 23.1 Å². The Hall–Kier alpha value is -1.11. The van der Waals surface area contributed by atoms with Crippen molar-refractivity contribution in [2.24, 2.45) is 23.2 Å². The number of benzene rings is 1. The molecule has 2 atom stereocenters. The molecule has 2 saturated carbocycles. The predicted octanol–water partition coefficient (Wildman–Crippen LogP) is 5.11. The molecule has 3 aliphatic rings. The summed E-state index contributed by atoms with van der Waals surface area (Å²) in [4.78, 5) is 29.5. The van der Waals surface area contributed by atoms with Crippen molar-refractivity contribution in [1.29, 1.82) is 0 Å². The molecule has 1 aromatic rings. The molecule has 2 unspecified atom stereocenters. The maximum atomic E-state index is 12.7. The van der Waals surface area contributed by atoms with Gasteiger partial charge in [-0.1, -0.05) is 47.8 Å². The molecule has 5 nitrogen and oxygen atoms in total. The molecule has 2 aliphatic carbocycles. The second-order valence-corrected chi connectivity index (χ2v) is 12.1. The zero-order valence-corrected chi connectivity index (χ0v) is 22.3. The number of carbonyl (C=O) groups excluding carboxylic acids is 2. The highest BCUT2D eigenvalue weighted by Crippen LogP contribution is 2.56. The van der Waals surface area contributed by atoms with E-state index in [0.29, 0.717) is 19.5 Å². The zero-order valence-electron chi connectivity index (χ0n) is 19.9. The van der Waals surface area contributed by atoms with E-state index in [4.69, 9.17) is 11.6 Å². The van der Waals surface area contributed by atoms with Gasteiger partial charge in [-0.2, -0.15) is 0 Å². The number of nitrogens with zero attached hydrogens (tertiary/aromatic N) is 2. The van der Waals surface area contributed by atoms with Crippen LogP contribution < -0.4 is 5.32 Å². The predicted molar refractivity (Wildman–Crippen MR) is 136 cm³/mol. The van der Waals surface area contributed by atoms with Crippen molar-refractivity contribution < 1.29 is 9.59 Å². The Labute approximate surface area is 211 Å². The molecule has 33 heavy (non-hydrogen) atoms. The Kier molecular flexibility index (Phi) is 8.07. The van der Waals surface area contributed by atoms with Gasteiger partial charge < -0.3 is 10.2 Å². The van der Waals surface area contributed by atoms with Crippen LogP contribution in [0.1, 0.15) is 57.9 Å². The summed E-state index contributed by atoms with van der Waals surface area (Å²) in [5, 5.41) is 3.65. The molecule has 1 heterocycles. The third-order valence-electron chi connectivity index (χ3n) is 8.18. The Morgan fingerprint density at radius 1 is 1.15 bits per heavy atom. The highest BCUT2D eigenvalue weighted by atomic mass is 79.9. The van der Waals surface area contributed by atoms with E-state index >= 15 is 0 Å². The van der Waals surface area contributed by atoms with Gasteiger partial charge in [0.05, 0.1) is 6.54 Å². The van der Waals surface area contributed by atoms with E-state index in [0.717, 1.165) is 52.4 Å². The molecule has 3 fully saturated rings. The number of fused-ring (bicyclic) bond motifs is 1. The molecule has 2 amide bonds. The van der Waals surface area contributed by atoms with Crippen molar-refractivity contribution in [1.82, 2.24) is 15.1 Å². The summed E-state index contributed by atoms with van der Waals surface area (Å²) in [6.07, 6.45) is 6.86. The highest BCUT2D eigenvalue weighted by molar-refractivity contribution is 9.10. The van der Waals surface area contributed by atoms with E-state index in [1.165, 1.54) is 32.1 Å². The van der Waals surface area contributed by atoms with Gasteiger partial charge in [0.15, 0.2) is 0 Å². The molecule has 182 valence electrons. The molecule has 4 rings (SSSR count). The third-order valence-corrected chi connectivity index (χ3v) is 9.19. The van der Waals surface area contributed by atoms with Crippen LogP contribution in [0.25, 0.3) is 0 Å². The Balaban J connectivity index is 1.17. The lowest BCUT2D eigenvalue weighted by molar-refractivity contribution is -0.134. The standard InChI is InChI=1S/C26H37BrClN3O2/c1-3-18-10-19-13-26(2,14-20(19)11-18)15-24(32)29-16-25(33)31-8-6-30(7-9-31)17-21-12-22(28)4-5-23(21)27/h4-5,12,18-20H,3,6-11,13-17H2,1-2H3,(H,29,32). The van der Waals surface area contributed by atoms with Gasteiger partial charge in [-0.05, 0) is 72.6 Å². The first-order chi connectivity index (χ1) is 15.7. The number of amides is 2. The molecule has 0 spiro atoms. The first-order valence-electron chi connectivity index (χ1n) is 12.5. The van der Waals surface area contributed by atoms with Gasteiger partial charge in [0, 0.05) is 48.6 Å². The van der Waals surface area contributed by atoms with Crippen LogP contribution in [0.4, 0.5) is 0 Å². The highest BCUT2D eigenvalue weighted by Gasteiger charge is 2.47. The number of rotatable bonds is 7. The van der Waals surface area contributed by atoms with Gasteiger partial charge in [-0.15, -0.1) is 0 Å². The number of hydrogen-bond donors (Lipinski definition) is 1. The molecule has 1 aromatic carbocycles. The minimum absolute atomic E-state index is 0.0196. The fourth-order valence-corrected chi connectivity index (χ4v) is 7.03. The van der Waals surface area contributed by atoms with Gasteiger partial charge >= 0.3 is 0 Å². The topological polar surface area (TPSA) is 52.7 Å². The summed E-state index contributed by atoms with van der Waals surface area (Å²) >= 11 is 9.72. The van der Waals surface area contributed by atoms with Crippen LogP contribution in [-0.2, 0) is 16.1 Å². The van der Waals surface area contributed by atoms with Crippen LogP contribution in [0, 0.1) is 23.2 Å². The Morgan fingerprint density at radius 3 is 2.45 bits per heavy atom. The first kappa shape index (κ1) is 25.0. The fourth-order valence-electron chi connectivity index (χ4n) is 6.46. The normalized spacial score (nSPS) is 29.8. The smallest absolute Gasteiger partial charge is 0.242 e. The second kappa shape index (κ2) is 10.7. The van der Waals surface area contributed by atoms with Crippen LogP contribution in [0.15, 0.2) is 22.7 Å². The number of nitrogens with one attached hydrogen (secondary N) is 1. The number of halogens is 2. The monoisotopic (exact) mass is 537 g/mol. The molecule has 7 heteroatoms. The number of hydrogen-bond acceptors (Lipinski definition) is 3. The molecular weight excluding hydrogens is 502 g/mol. The largest absolute Gasteiger partial charge is 0.347 e. The molecule has 0 bridgehead atoms. The van der Waals surface area contributed by atoms with Crippen LogP contribution in [-0.4, -0.2) is 54.3 Å². The van der Waals surface area contributed by atoms with E-state index < -0.39 is 0 Å². The molecule has 1 N–H and O–H groups in total. The van der Waals surface area contributed by atoms with Crippen molar-refractivity contribution in [2.45, 2.75) is 58.9 Å². The summed E-state index contributed by atoms with van der Waals surface area (Å²) in [7, 11) is 0. The average molecular weight is 539 g/mol. The van der Waals surface area contributed by atoms with E-state index in [-0.39, 0.29) is 23.8 Å². The molecule has 1 saturated heterocycles. The van der Waals surface area contributed by atoms with Crippen molar-refractivity contribution in [3.05, 3.63) is 33.3 Å². The summed E-state index contributed by atoms with van der Waals surface area (Å²) in [6.45, 7) is 8.49. The van der Waals surface area contributed by atoms with Gasteiger partial charge in [0.2, 0.25) is 11.8 Å². The van der Waals surface area contributed by atoms with E-state index in [2.05, 4.69) is 40.0 Å². The molecule has 0 radical (unpaired) electrons. The first-order valence-corrected chi connectivity index (χ1v) is 13.6. The fraction of sp³-hybridized carbons (Fsp3) is 0.692. The molecule has 0 aromatic heterocycles. The quantitative estimate of drug-likeness (QED) is 0.525. The van der Waals surface area contributed by atoms with Crippen LogP contribution in [0.2, 0.25) is 5.02 Å². The zero-order chi connectivity index (χ0) is 23.6. The van der Waals surface area contributed by atoms with Crippen LogP contribution in [0.3, 0.4) is 0 Å². The SMILES string of the molecule is CCC1CC2CC(C)(CC(=O)NCC(=O)N3CCN(Cc4cc(Cl)ccc4Br)CC3)CC2C1. The number of carbonyl (C=O) groups is 2. The van der Waals surface area contributed by atoms with Crippen molar-refractivity contribution in [3.63, 3.8) is 0 Å². The van der Waals surface area contributed by atoms with Crippen LogP contribution in [0.5, 0.6) is 0 Å². The van der Waals surface area contributed by atoms with Gasteiger partial charge in [-0.3, -0.25) is 14.5 Å². The summed E-state index contributed by atoms with van der Waals surface area (Å²) < 4.78 is 1.05. The number of piperazine rings is 1. The van der Waals surface area contributed by atoms with E-state index in [9.17, 15) is 9.59 Å². The van der Waals surface area contributed by atoms with Gasteiger partial charge in [-0.25, -0.2) is 0 Å².